The van der Waals surface area contributed by atoms with Crippen molar-refractivity contribution < 1.29 is 4.39 Å². The molecule has 1 unspecified atom stereocenters. The number of halogens is 1. The van der Waals surface area contributed by atoms with Crippen LogP contribution >= 0.6 is 0 Å². The summed E-state index contributed by atoms with van der Waals surface area (Å²) >= 11 is 0. The molecule has 0 aliphatic carbocycles. The van der Waals surface area contributed by atoms with Gasteiger partial charge in [-0.25, -0.2) is 9.07 Å². The van der Waals surface area contributed by atoms with E-state index in [1.54, 1.807) is 10.7 Å². The van der Waals surface area contributed by atoms with Crippen LogP contribution in [0.3, 0.4) is 0 Å². The minimum Gasteiger partial charge on any atom is -0.308 e. The molecule has 1 aromatic carbocycles. The third-order valence-electron chi connectivity index (χ3n) is 2.96. The van der Waals surface area contributed by atoms with Crippen molar-refractivity contribution in [1.29, 1.82) is 0 Å². The molecule has 0 saturated carbocycles. The van der Waals surface area contributed by atoms with Crippen molar-refractivity contribution in [2.75, 3.05) is 6.54 Å². The zero-order valence-electron chi connectivity index (χ0n) is 11.2. The summed E-state index contributed by atoms with van der Waals surface area (Å²) in [6.45, 7) is 5.56. The average molecular weight is 263 g/mol. The normalized spacial score (nSPS) is 12.6. The van der Waals surface area contributed by atoms with Crippen LogP contribution in [-0.4, -0.2) is 26.8 Å². The zero-order chi connectivity index (χ0) is 13.7. The van der Waals surface area contributed by atoms with Gasteiger partial charge in [-0.05, 0) is 48.0 Å². The molecule has 0 radical (unpaired) electrons. The van der Waals surface area contributed by atoms with Crippen molar-refractivity contribution in [2.24, 2.45) is 0 Å². The summed E-state index contributed by atoms with van der Waals surface area (Å²) in [4.78, 5) is 0. The van der Waals surface area contributed by atoms with Crippen LogP contribution in [0.5, 0.6) is 0 Å². The smallest absolute Gasteiger partial charge is 0.167 e. The van der Waals surface area contributed by atoms with Crippen molar-refractivity contribution in [3.05, 3.63) is 41.5 Å². The van der Waals surface area contributed by atoms with E-state index in [1.165, 1.54) is 12.1 Å². The van der Waals surface area contributed by atoms with Gasteiger partial charge in [-0.1, -0.05) is 19.1 Å². The summed E-state index contributed by atoms with van der Waals surface area (Å²) in [7, 11) is 0. The summed E-state index contributed by atoms with van der Waals surface area (Å²) in [6.07, 6.45) is 0.703. The van der Waals surface area contributed by atoms with Crippen LogP contribution in [0.15, 0.2) is 24.3 Å². The van der Waals surface area contributed by atoms with E-state index >= 15 is 0 Å². The van der Waals surface area contributed by atoms with Crippen LogP contribution in [0.2, 0.25) is 0 Å². The van der Waals surface area contributed by atoms with E-state index in [-0.39, 0.29) is 11.9 Å². The highest BCUT2D eigenvalue weighted by Crippen LogP contribution is 2.09. The molecule has 0 amide bonds. The van der Waals surface area contributed by atoms with E-state index in [9.17, 15) is 4.39 Å². The maximum Gasteiger partial charge on any atom is 0.167 e. The molecule has 102 valence electrons. The lowest BCUT2D eigenvalue weighted by molar-refractivity contribution is 0.495. The van der Waals surface area contributed by atoms with E-state index in [0.29, 0.717) is 13.0 Å². The Balaban J connectivity index is 2.02. The summed E-state index contributed by atoms with van der Waals surface area (Å²) in [5.41, 5.74) is 0.942. The van der Waals surface area contributed by atoms with Gasteiger partial charge in [0.2, 0.25) is 0 Å². The predicted molar refractivity (Wildman–Crippen MR) is 70.0 cm³/mol. The fourth-order valence-corrected chi connectivity index (χ4v) is 2.01. The Morgan fingerprint density at radius 2 is 2.26 bits per heavy atom. The van der Waals surface area contributed by atoms with Gasteiger partial charge in [-0.2, -0.15) is 0 Å². The van der Waals surface area contributed by atoms with Gasteiger partial charge in [-0.15, -0.1) is 5.10 Å². The molecule has 1 aromatic heterocycles. The zero-order valence-corrected chi connectivity index (χ0v) is 11.2. The first kappa shape index (κ1) is 13.6. The standard InChI is InChI=1S/C13H18FN5/c1-3-15-10(2)13-16-17-18-19(13)8-7-11-5-4-6-12(14)9-11/h4-6,9-10,15H,3,7-8H2,1-2H3. The lowest BCUT2D eigenvalue weighted by Crippen LogP contribution is -2.22. The summed E-state index contributed by atoms with van der Waals surface area (Å²) in [5, 5.41) is 15.0. The van der Waals surface area contributed by atoms with Gasteiger partial charge in [0.1, 0.15) is 5.82 Å². The number of tetrazole rings is 1. The van der Waals surface area contributed by atoms with Crippen molar-refractivity contribution in [2.45, 2.75) is 32.9 Å². The van der Waals surface area contributed by atoms with E-state index < -0.39 is 0 Å². The molecule has 0 fully saturated rings. The second-order valence-electron chi connectivity index (χ2n) is 4.42. The molecule has 0 aliphatic rings. The van der Waals surface area contributed by atoms with Crippen molar-refractivity contribution in [1.82, 2.24) is 25.5 Å². The largest absolute Gasteiger partial charge is 0.308 e. The average Bonchev–Trinajstić information content (AvgIpc) is 2.85. The monoisotopic (exact) mass is 263 g/mol. The lowest BCUT2D eigenvalue weighted by Gasteiger charge is -2.12. The van der Waals surface area contributed by atoms with Crippen molar-refractivity contribution >= 4 is 0 Å². The molecule has 19 heavy (non-hydrogen) atoms. The molecule has 2 aromatic rings. The number of nitrogens with one attached hydrogen (secondary N) is 1. The van der Waals surface area contributed by atoms with Crippen molar-refractivity contribution in [3.63, 3.8) is 0 Å². The predicted octanol–water partition coefficient (Wildman–Crippen LogP) is 1.73. The third kappa shape index (κ3) is 3.57. The summed E-state index contributed by atoms with van der Waals surface area (Å²) in [6, 6.07) is 6.71. The molecule has 5 nitrogen and oxygen atoms in total. The number of aryl methyl sites for hydroxylation is 2. The van der Waals surface area contributed by atoms with Crippen molar-refractivity contribution in [3.8, 4) is 0 Å². The summed E-state index contributed by atoms with van der Waals surface area (Å²) < 4.78 is 14.8. The van der Waals surface area contributed by atoms with Crippen LogP contribution in [0.25, 0.3) is 0 Å². The molecule has 0 bridgehead atoms. The van der Waals surface area contributed by atoms with Gasteiger partial charge >= 0.3 is 0 Å². The molecular weight excluding hydrogens is 245 g/mol. The maximum absolute atomic E-state index is 13.1. The van der Waals surface area contributed by atoms with Crippen LogP contribution in [0.4, 0.5) is 4.39 Å². The number of aromatic nitrogens is 4. The van der Waals surface area contributed by atoms with E-state index in [0.717, 1.165) is 17.9 Å². The minimum atomic E-state index is -0.213. The highest BCUT2D eigenvalue weighted by molar-refractivity contribution is 5.16. The van der Waals surface area contributed by atoms with E-state index in [4.69, 9.17) is 0 Å². The quantitative estimate of drug-likeness (QED) is 0.862. The number of hydrogen-bond acceptors (Lipinski definition) is 4. The first-order chi connectivity index (χ1) is 9.20. The molecule has 0 saturated heterocycles. The van der Waals surface area contributed by atoms with E-state index in [1.807, 2.05) is 19.9 Å². The molecule has 1 N–H and O–H groups in total. The first-order valence-corrected chi connectivity index (χ1v) is 6.44. The Morgan fingerprint density at radius 1 is 1.42 bits per heavy atom. The van der Waals surface area contributed by atoms with Crippen LogP contribution < -0.4 is 5.32 Å². The minimum absolute atomic E-state index is 0.104. The van der Waals surface area contributed by atoms with Gasteiger partial charge < -0.3 is 5.32 Å². The third-order valence-corrected chi connectivity index (χ3v) is 2.96. The maximum atomic E-state index is 13.1. The number of benzene rings is 1. The second-order valence-corrected chi connectivity index (χ2v) is 4.42. The van der Waals surface area contributed by atoms with Gasteiger partial charge in [0.25, 0.3) is 0 Å². The van der Waals surface area contributed by atoms with Crippen LogP contribution in [0, 0.1) is 5.82 Å². The van der Waals surface area contributed by atoms with Gasteiger partial charge in [-0.3, -0.25) is 0 Å². The molecule has 6 heteroatoms. The second kappa shape index (κ2) is 6.38. The molecule has 1 atom stereocenters. The topological polar surface area (TPSA) is 55.6 Å². The molecule has 0 aliphatic heterocycles. The Labute approximate surface area is 111 Å². The van der Waals surface area contributed by atoms with Crippen LogP contribution in [0.1, 0.15) is 31.3 Å². The Morgan fingerprint density at radius 3 is 3.00 bits per heavy atom. The number of hydrogen-bond donors (Lipinski definition) is 1. The Bertz CT molecular complexity index is 525. The van der Waals surface area contributed by atoms with Gasteiger partial charge in [0.15, 0.2) is 5.82 Å². The highest BCUT2D eigenvalue weighted by Gasteiger charge is 2.13. The number of rotatable bonds is 6. The fourth-order valence-electron chi connectivity index (χ4n) is 2.01. The van der Waals surface area contributed by atoms with E-state index in [2.05, 4.69) is 20.8 Å². The molecule has 0 spiro atoms. The SMILES string of the molecule is CCNC(C)c1nnnn1CCc1cccc(F)c1. The Kier molecular flexibility index (Phi) is 4.57. The van der Waals surface area contributed by atoms with Gasteiger partial charge in [0.05, 0.1) is 6.04 Å². The molecule has 2 rings (SSSR count). The molecule has 1 heterocycles. The van der Waals surface area contributed by atoms with Gasteiger partial charge in [0, 0.05) is 6.54 Å². The Hall–Kier alpha value is -1.82. The fraction of sp³-hybridized carbons (Fsp3) is 0.462. The molecular formula is C13H18FN5. The first-order valence-electron chi connectivity index (χ1n) is 6.44. The lowest BCUT2D eigenvalue weighted by atomic mass is 10.1. The van der Waals surface area contributed by atoms with Crippen LogP contribution in [-0.2, 0) is 13.0 Å². The number of nitrogens with zero attached hydrogens (tertiary/aromatic N) is 4. The summed E-state index contributed by atoms with van der Waals surface area (Å²) in [5.74, 6) is 0.591. The highest BCUT2D eigenvalue weighted by atomic mass is 19.1.